The van der Waals surface area contributed by atoms with E-state index in [1.165, 1.54) is 0 Å². The number of benzene rings is 1. The molecule has 4 heteroatoms. The number of ether oxygens (including phenoxy) is 2. The van der Waals surface area contributed by atoms with Gasteiger partial charge in [0.15, 0.2) is 0 Å². The van der Waals surface area contributed by atoms with Crippen LogP contribution in [0, 0.1) is 5.92 Å². The first-order valence-corrected chi connectivity index (χ1v) is 7.37. The Hall–Kier alpha value is -1.55. The Morgan fingerprint density at radius 1 is 1.30 bits per heavy atom. The molecule has 20 heavy (non-hydrogen) atoms. The fourth-order valence-electron chi connectivity index (χ4n) is 2.31. The van der Waals surface area contributed by atoms with Crippen LogP contribution in [0.1, 0.15) is 33.1 Å². The molecule has 110 valence electrons. The molecule has 1 N–H and O–H groups in total. The minimum absolute atomic E-state index is 0.220. The fourth-order valence-corrected chi connectivity index (χ4v) is 2.31. The van der Waals surface area contributed by atoms with Crippen molar-refractivity contribution in [2.45, 2.75) is 39.2 Å². The molecule has 1 aromatic rings. The van der Waals surface area contributed by atoms with E-state index in [-0.39, 0.29) is 12.1 Å². The summed E-state index contributed by atoms with van der Waals surface area (Å²) in [7, 11) is 0. The summed E-state index contributed by atoms with van der Waals surface area (Å²) in [4.78, 5) is 11.2. The van der Waals surface area contributed by atoms with Crippen LogP contribution in [0.15, 0.2) is 24.3 Å². The highest BCUT2D eigenvalue weighted by molar-refractivity contribution is 5.71. The average Bonchev–Trinajstić information content (AvgIpc) is 2.66. The Bertz CT molecular complexity index is 430. The van der Waals surface area contributed by atoms with Gasteiger partial charge in [0.05, 0.1) is 0 Å². The maximum atomic E-state index is 11.2. The van der Waals surface area contributed by atoms with E-state index in [9.17, 15) is 4.79 Å². The summed E-state index contributed by atoms with van der Waals surface area (Å²) in [5.41, 5.74) is 0. The lowest BCUT2D eigenvalue weighted by Gasteiger charge is -2.22. The summed E-state index contributed by atoms with van der Waals surface area (Å²) in [6.07, 6.45) is 2.83. The van der Waals surface area contributed by atoms with Crippen LogP contribution in [0.2, 0.25) is 0 Å². The Morgan fingerprint density at radius 3 is 2.70 bits per heavy atom. The van der Waals surface area contributed by atoms with E-state index in [0.717, 1.165) is 31.7 Å². The summed E-state index contributed by atoms with van der Waals surface area (Å²) < 4.78 is 11.2. The van der Waals surface area contributed by atoms with Crippen LogP contribution < -0.4 is 14.8 Å². The monoisotopic (exact) mass is 277 g/mol. The van der Waals surface area contributed by atoms with Gasteiger partial charge in [-0.15, -0.1) is 0 Å². The first-order chi connectivity index (χ1) is 9.69. The van der Waals surface area contributed by atoms with E-state index in [2.05, 4.69) is 12.2 Å². The fraction of sp³-hybridized carbons (Fsp3) is 0.562. The molecule has 1 aliphatic rings. The quantitative estimate of drug-likeness (QED) is 0.679. The third kappa shape index (κ3) is 4.23. The van der Waals surface area contributed by atoms with Crippen molar-refractivity contribution in [2.75, 3.05) is 13.1 Å². The van der Waals surface area contributed by atoms with Gasteiger partial charge in [-0.3, -0.25) is 4.79 Å². The van der Waals surface area contributed by atoms with E-state index >= 15 is 0 Å². The maximum Gasteiger partial charge on any atom is 0.310 e. The summed E-state index contributed by atoms with van der Waals surface area (Å²) >= 11 is 0. The van der Waals surface area contributed by atoms with Crippen LogP contribution in [0.3, 0.4) is 0 Å². The molecule has 2 atom stereocenters. The van der Waals surface area contributed by atoms with Gasteiger partial charge in [0.25, 0.3) is 0 Å². The van der Waals surface area contributed by atoms with Crippen molar-refractivity contribution in [2.24, 2.45) is 5.92 Å². The largest absolute Gasteiger partial charge is 0.490 e. The molecule has 0 bridgehead atoms. The molecular weight excluding hydrogens is 254 g/mol. The second-order valence-electron chi connectivity index (χ2n) is 5.28. The molecule has 1 aliphatic heterocycles. The number of carbonyl (C=O) groups excluding carboxylic acids is 1. The van der Waals surface area contributed by atoms with Crippen LogP contribution in [0.25, 0.3) is 0 Å². The molecule has 0 radical (unpaired) electrons. The third-order valence-electron chi connectivity index (χ3n) is 3.57. The number of hydrogen-bond donors (Lipinski definition) is 1. The Balaban J connectivity index is 1.94. The van der Waals surface area contributed by atoms with Crippen molar-refractivity contribution in [1.82, 2.24) is 5.32 Å². The second-order valence-corrected chi connectivity index (χ2v) is 5.28. The van der Waals surface area contributed by atoms with Gasteiger partial charge < -0.3 is 14.8 Å². The lowest BCUT2D eigenvalue weighted by atomic mass is 10.0. The lowest BCUT2D eigenvalue weighted by Crippen LogP contribution is -2.29. The Morgan fingerprint density at radius 2 is 2.00 bits per heavy atom. The van der Waals surface area contributed by atoms with Gasteiger partial charge >= 0.3 is 5.97 Å². The molecule has 0 spiro atoms. The third-order valence-corrected chi connectivity index (χ3v) is 3.57. The standard InChI is InChI=1S/C16H23NO3/c1-3-16(18)20-14-8-6-13(7-9-14)19-15-5-4-10-17-11-12(15)2/h6-9,12,15,17H,3-5,10-11H2,1-2H3. The summed E-state index contributed by atoms with van der Waals surface area (Å²) in [6.45, 7) is 6.05. The van der Waals surface area contributed by atoms with Crippen LogP contribution in [0.5, 0.6) is 11.5 Å². The first-order valence-electron chi connectivity index (χ1n) is 7.37. The van der Waals surface area contributed by atoms with E-state index in [4.69, 9.17) is 9.47 Å². The highest BCUT2D eigenvalue weighted by Crippen LogP contribution is 2.23. The SMILES string of the molecule is CCC(=O)Oc1ccc(OC2CCCNCC2C)cc1. The molecule has 1 saturated heterocycles. The predicted molar refractivity (Wildman–Crippen MR) is 78.1 cm³/mol. The zero-order valence-corrected chi connectivity index (χ0v) is 12.2. The zero-order valence-electron chi connectivity index (χ0n) is 12.2. The van der Waals surface area contributed by atoms with E-state index in [1.807, 2.05) is 12.1 Å². The topological polar surface area (TPSA) is 47.6 Å². The molecule has 4 nitrogen and oxygen atoms in total. The number of hydrogen-bond acceptors (Lipinski definition) is 4. The minimum Gasteiger partial charge on any atom is -0.490 e. The minimum atomic E-state index is -0.220. The van der Waals surface area contributed by atoms with Crippen LogP contribution in [-0.4, -0.2) is 25.2 Å². The molecule has 2 unspecified atom stereocenters. The van der Waals surface area contributed by atoms with E-state index in [0.29, 0.717) is 18.1 Å². The van der Waals surface area contributed by atoms with Crippen molar-refractivity contribution in [3.8, 4) is 11.5 Å². The van der Waals surface area contributed by atoms with Gasteiger partial charge in [-0.25, -0.2) is 0 Å². The number of rotatable bonds is 4. The molecule has 0 aliphatic carbocycles. The van der Waals surface area contributed by atoms with Crippen molar-refractivity contribution >= 4 is 5.97 Å². The highest BCUT2D eigenvalue weighted by Gasteiger charge is 2.21. The molecule has 1 aromatic carbocycles. The summed E-state index contributed by atoms with van der Waals surface area (Å²) in [5.74, 6) is 1.68. The molecule has 1 heterocycles. The maximum absolute atomic E-state index is 11.2. The lowest BCUT2D eigenvalue weighted by molar-refractivity contribution is -0.134. The predicted octanol–water partition coefficient (Wildman–Crippen LogP) is 2.77. The molecule has 1 fully saturated rings. The van der Waals surface area contributed by atoms with Gasteiger partial charge in [0.1, 0.15) is 17.6 Å². The average molecular weight is 277 g/mol. The van der Waals surface area contributed by atoms with Gasteiger partial charge in [-0.05, 0) is 43.7 Å². The summed E-state index contributed by atoms with van der Waals surface area (Å²) in [5, 5.41) is 3.41. The van der Waals surface area contributed by atoms with E-state index < -0.39 is 0 Å². The number of esters is 1. The number of nitrogens with one attached hydrogen (secondary N) is 1. The van der Waals surface area contributed by atoms with Crippen LogP contribution in [-0.2, 0) is 4.79 Å². The van der Waals surface area contributed by atoms with Gasteiger partial charge in [0.2, 0.25) is 0 Å². The van der Waals surface area contributed by atoms with Gasteiger partial charge in [-0.2, -0.15) is 0 Å². The van der Waals surface area contributed by atoms with Crippen LogP contribution >= 0.6 is 0 Å². The van der Waals surface area contributed by atoms with Crippen LogP contribution in [0.4, 0.5) is 0 Å². The van der Waals surface area contributed by atoms with Gasteiger partial charge in [-0.1, -0.05) is 13.8 Å². The first kappa shape index (κ1) is 14.9. The van der Waals surface area contributed by atoms with Crippen molar-refractivity contribution in [3.05, 3.63) is 24.3 Å². The van der Waals surface area contributed by atoms with E-state index in [1.54, 1.807) is 19.1 Å². The molecule has 0 saturated carbocycles. The molecule has 0 amide bonds. The highest BCUT2D eigenvalue weighted by atomic mass is 16.5. The van der Waals surface area contributed by atoms with Crippen molar-refractivity contribution in [3.63, 3.8) is 0 Å². The normalized spacial score (nSPS) is 22.9. The Labute approximate surface area is 120 Å². The second kappa shape index (κ2) is 7.29. The van der Waals surface area contributed by atoms with Crippen molar-refractivity contribution < 1.29 is 14.3 Å². The zero-order chi connectivity index (χ0) is 14.4. The van der Waals surface area contributed by atoms with Gasteiger partial charge in [0, 0.05) is 18.9 Å². The smallest absolute Gasteiger partial charge is 0.310 e. The summed E-state index contributed by atoms with van der Waals surface area (Å²) in [6, 6.07) is 7.29. The number of carbonyl (C=O) groups is 1. The molecule has 2 rings (SSSR count). The Kier molecular flexibility index (Phi) is 5.41. The molecular formula is C16H23NO3. The van der Waals surface area contributed by atoms with Crippen molar-refractivity contribution in [1.29, 1.82) is 0 Å². The molecule has 0 aromatic heterocycles.